The maximum Gasteiger partial charge on any atom is 0.235 e. The predicted molar refractivity (Wildman–Crippen MR) is 98.1 cm³/mol. The van der Waals surface area contributed by atoms with E-state index in [1.807, 2.05) is 6.07 Å². The van der Waals surface area contributed by atoms with Crippen LogP contribution < -0.4 is 10.6 Å². The lowest BCUT2D eigenvalue weighted by Gasteiger charge is -2.33. The van der Waals surface area contributed by atoms with Gasteiger partial charge in [0.1, 0.15) is 16.5 Å². The Morgan fingerprint density at radius 2 is 2.19 bits per heavy atom. The van der Waals surface area contributed by atoms with Crippen molar-refractivity contribution in [3.05, 3.63) is 46.3 Å². The Bertz CT molecular complexity index is 993. The third-order valence-electron chi connectivity index (χ3n) is 5.19. The van der Waals surface area contributed by atoms with Crippen molar-refractivity contribution in [3.8, 4) is 5.88 Å². The highest BCUT2D eigenvalue weighted by Crippen LogP contribution is 2.35. The standard InChI is InChI=1S/C18H20FN5O2S/c1-10-21-18-24(22-10)17(26)15(27-18)14(12-3-2-4-13(19)9-12)23-7-5-11(6-8-23)16(20)25/h2-4,9,11,14,26H,5-8H2,1H3,(H2,20,25)/p+1/t14-/m0/s1. The SMILES string of the molecule is Cc1nc2sc([C@H](c3cccc(F)c3)[NH+]3CCC(C(N)=O)CC3)c(O)n2n1. The van der Waals surface area contributed by atoms with Crippen LogP contribution in [0, 0.1) is 18.7 Å². The summed E-state index contributed by atoms with van der Waals surface area (Å²) in [5.74, 6) is -0.0953. The van der Waals surface area contributed by atoms with E-state index in [0.717, 1.165) is 10.5 Å². The summed E-state index contributed by atoms with van der Waals surface area (Å²) in [5, 5.41) is 15.0. The van der Waals surface area contributed by atoms with Crippen molar-refractivity contribution in [1.82, 2.24) is 14.6 Å². The molecule has 1 aliphatic heterocycles. The van der Waals surface area contributed by atoms with E-state index < -0.39 is 0 Å². The van der Waals surface area contributed by atoms with Gasteiger partial charge in [0.05, 0.1) is 13.1 Å². The number of piperidine rings is 1. The predicted octanol–water partition coefficient (Wildman–Crippen LogP) is 0.814. The molecule has 0 saturated carbocycles. The molecule has 1 amide bonds. The molecule has 142 valence electrons. The minimum atomic E-state index is -0.321. The summed E-state index contributed by atoms with van der Waals surface area (Å²) in [6, 6.07) is 6.18. The van der Waals surface area contributed by atoms with Crippen LogP contribution in [0.4, 0.5) is 4.39 Å². The van der Waals surface area contributed by atoms with Crippen LogP contribution in [0.25, 0.3) is 4.96 Å². The number of fused-ring (bicyclic) bond motifs is 1. The molecular formula is C18H21FN5O2S+. The zero-order valence-corrected chi connectivity index (χ0v) is 15.7. The van der Waals surface area contributed by atoms with Crippen molar-refractivity contribution in [3.63, 3.8) is 0 Å². The Balaban J connectivity index is 1.75. The van der Waals surface area contributed by atoms with Gasteiger partial charge in [0.25, 0.3) is 0 Å². The first kappa shape index (κ1) is 17.9. The molecule has 0 spiro atoms. The molecule has 0 unspecified atom stereocenters. The van der Waals surface area contributed by atoms with Crippen molar-refractivity contribution in [2.75, 3.05) is 13.1 Å². The molecule has 7 nitrogen and oxygen atoms in total. The van der Waals surface area contributed by atoms with Crippen LogP contribution in [0.2, 0.25) is 0 Å². The van der Waals surface area contributed by atoms with Crippen molar-refractivity contribution < 1.29 is 19.2 Å². The monoisotopic (exact) mass is 390 g/mol. The van der Waals surface area contributed by atoms with E-state index in [1.54, 1.807) is 13.0 Å². The van der Waals surface area contributed by atoms with E-state index in [-0.39, 0.29) is 29.6 Å². The van der Waals surface area contributed by atoms with Crippen molar-refractivity contribution >= 4 is 22.2 Å². The second-order valence-corrected chi connectivity index (χ2v) is 7.98. The Hall–Kier alpha value is -2.52. The molecule has 27 heavy (non-hydrogen) atoms. The second kappa shape index (κ2) is 6.90. The molecule has 1 atom stereocenters. The number of aromatic hydroxyl groups is 1. The first-order chi connectivity index (χ1) is 12.9. The molecular weight excluding hydrogens is 369 g/mol. The van der Waals surface area contributed by atoms with Crippen LogP contribution in [0.5, 0.6) is 5.88 Å². The highest BCUT2D eigenvalue weighted by molar-refractivity contribution is 7.17. The number of aromatic nitrogens is 3. The third kappa shape index (κ3) is 3.28. The summed E-state index contributed by atoms with van der Waals surface area (Å²) >= 11 is 1.36. The lowest BCUT2D eigenvalue weighted by atomic mass is 9.93. The molecule has 9 heteroatoms. The summed E-state index contributed by atoms with van der Waals surface area (Å²) < 4.78 is 15.3. The smallest absolute Gasteiger partial charge is 0.235 e. The number of halogens is 1. The summed E-state index contributed by atoms with van der Waals surface area (Å²) in [5.41, 5.74) is 6.23. The number of primary amides is 1. The number of aryl methyl sites for hydroxylation is 1. The van der Waals surface area contributed by atoms with E-state index in [9.17, 15) is 14.3 Å². The average molecular weight is 390 g/mol. The average Bonchev–Trinajstić information content (AvgIpc) is 3.14. The fraction of sp³-hybridized carbons (Fsp3) is 0.389. The second-order valence-electron chi connectivity index (χ2n) is 6.97. The van der Waals surface area contributed by atoms with Crippen LogP contribution in [0.15, 0.2) is 24.3 Å². The molecule has 1 aromatic carbocycles. The number of nitrogens with one attached hydrogen (secondary N) is 1. The largest absolute Gasteiger partial charge is 0.492 e. The minimum Gasteiger partial charge on any atom is -0.492 e. The Kier molecular flexibility index (Phi) is 4.56. The molecule has 1 saturated heterocycles. The van der Waals surface area contributed by atoms with Gasteiger partial charge in [0.2, 0.25) is 16.7 Å². The molecule has 1 aliphatic rings. The lowest BCUT2D eigenvalue weighted by Crippen LogP contribution is -3.13. The normalized spacial score (nSPS) is 21.4. The van der Waals surface area contributed by atoms with E-state index >= 15 is 0 Å². The first-order valence-electron chi connectivity index (χ1n) is 8.88. The molecule has 4 rings (SSSR count). The van der Waals surface area contributed by atoms with Gasteiger partial charge in [-0.2, -0.15) is 4.52 Å². The number of benzene rings is 1. The molecule has 2 aromatic heterocycles. The molecule has 1 fully saturated rings. The zero-order valence-electron chi connectivity index (χ0n) is 14.9. The van der Waals surface area contributed by atoms with Crippen molar-refractivity contribution in [2.45, 2.75) is 25.8 Å². The Morgan fingerprint density at radius 1 is 1.44 bits per heavy atom. The van der Waals surface area contributed by atoms with Crippen LogP contribution >= 0.6 is 11.3 Å². The number of amides is 1. The number of nitrogens with zero attached hydrogens (tertiary/aromatic N) is 3. The van der Waals surface area contributed by atoms with Gasteiger partial charge in [0, 0.05) is 24.3 Å². The van der Waals surface area contributed by atoms with Gasteiger partial charge < -0.3 is 15.7 Å². The Labute approximate surface area is 159 Å². The van der Waals surface area contributed by atoms with Gasteiger partial charge in [-0.3, -0.25) is 4.79 Å². The van der Waals surface area contributed by atoms with Crippen LogP contribution in [0.3, 0.4) is 0 Å². The van der Waals surface area contributed by atoms with Gasteiger partial charge in [0.15, 0.2) is 6.04 Å². The number of carbonyl (C=O) groups excluding carboxylic acids is 1. The topological polar surface area (TPSA) is 98.0 Å². The van der Waals surface area contributed by atoms with Crippen LogP contribution in [-0.2, 0) is 4.79 Å². The molecule has 3 aromatic rings. The van der Waals surface area contributed by atoms with Crippen molar-refractivity contribution in [2.24, 2.45) is 11.7 Å². The number of hydrogen-bond acceptors (Lipinski definition) is 5. The van der Waals surface area contributed by atoms with Crippen molar-refractivity contribution in [1.29, 1.82) is 0 Å². The quantitative estimate of drug-likeness (QED) is 0.614. The van der Waals surface area contributed by atoms with Gasteiger partial charge >= 0.3 is 0 Å². The Morgan fingerprint density at radius 3 is 2.81 bits per heavy atom. The van der Waals surface area contributed by atoms with Gasteiger partial charge in [-0.1, -0.05) is 23.5 Å². The van der Waals surface area contributed by atoms with Crippen LogP contribution in [-0.4, -0.2) is 38.7 Å². The van der Waals surface area contributed by atoms with E-state index in [0.29, 0.717) is 41.6 Å². The fourth-order valence-corrected chi connectivity index (χ4v) is 5.04. The highest BCUT2D eigenvalue weighted by Gasteiger charge is 2.36. The summed E-state index contributed by atoms with van der Waals surface area (Å²) in [7, 11) is 0. The van der Waals surface area contributed by atoms with Gasteiger partial charge in [-0.25, -0.2) is 9.37 Å². The number of rotatable bonds is 4. The molecule has 0 radical (unpaired) electrons. The third-order valence-corrected chi connectivity index (χ3v) is 6.27. The summed E-state index contributed by atoms with van der Waals surface area (Å²) in [4.78, 5) is 18.3. The lowest BCUT2D eigenvalue weighted by molar-refractivity contribution is -0.930. The number of nitrogens with two attached hydrogens (primary N) is 1. The van der Waals surface area contributed by atoms with Gasteiger partial charge in [-0.15, -0.1) is 5.10 Å². The number of quaternary nitrogens is 1. The maximum atomic E-state index is 13.9. The van der Waals surface area contributed by atoms with Gasteiger partial charge in [-0.05, 0) is 19.1 Å². The minimum absolute atomic E-state index is 0.0365. The number of hydrogen-bond donors (Lipinski definition) is 3. The molecule has 4 N–H and O–H groups in total. The van der Waals surface area contributed by atoms with E-state index in [4.69, 9.17) is 5.73 Å². The first-order valence-corrected chi connectivity index (χ1v) is 9.70. The highest BCUT2D eigenvalue weighted by atomic mass is 32.1. The number of likely N-dealkylation sites (tertiary alicyclic amines) is 1. The molecule has 0 aliphatic carbocycles. The van der Waals surface area contributed by atoms with E-state index in [1.165, 1.54) is 28.0 Å². The van der Waals surface area contributed by atoms with Crippen LogP contribution in [0.1, 0.15) is 35.1 Å². The number of carbonyl (C=O) groups is 1. The van der Waals surface area contributed by atoms with E-state index in [2.05, 4.69) is 10.1 Å². The fourth-order valence-electron chi connectivity index (χ4n) is 3.86. The summed E-state index contributed by atoms with van der Waals surface area (Å²) in [6.45, 7) is 3.19. The molecule has 3 heterocycles. The molecule has 0 bridgehead atoms. The summed E-state index contributed by atoms with van der Waals surface area (Å²) in [6.07, 6.45) is 1.36. The zero-order chi connectivity index (χ0) is 19.1. The number of thiazole rings is 1. The maximum absolute atomic E-state index is 13.9.